The van der Waals surface area contributed by atoms with E-state index in [1.807, 2.05) is 12.1 Å². The summed E-state index contributed by atoms with van der Waals surface area (Å²) in [7, 11) is 3.43. The van der Waals surface area contributed by atoms with Gasteiger partial charge in [-0.2, -0.15) is 0 Å². The van der Waals surface area contributed by atoms with Crippen molar-refractivity contribution in [1.29, 1.82) is 0 Å². The third-order valence-electron chi connectivity index (χ3n) is 6.95. The number of imidazole rings is 1. The van der Waals surface area contributed by atoms with E-state index in [0.29, 0.717) is 0 Å². The number of rotatable bonds is 14. The minimum atomic E-state index is 0.830. The predicted octanol–water partition coefficient (Wildman–Crippen LogP) is 7.84. The maximum absolute atomic E-state index is 5.56. The largest absolute Gasteiger partial charge is 0.497 e. The molecule has 0 unspecified atom stereocenters. The van der Waals surface area contributed by atoms with Crippen LogP contribution in [0, 0.1) is 0 Å². The summed E-state index contributed by atoms with van der Waals surface area (Å²) in [6.07, 6.45) is 4.54. The lowest BCUT2D eigenvalue weighted by atomic mass is 10.1. The van der Waals surface area contributed by atoms with Gasteiger partial charge in [0, 0.05) is 30.8 Å². The molecule has 4 rings (SSSR count). The average Bonchev–Trinajstić information content (AvgIpc) is 3.33. The lowest BCUT2D eigenvalue weighted by Gasteiger charge is -2.24. The molecule has 0 aliphatic rings. The Hall–Kier alpha value is -3.57. The van der Waals surface area contributed by atoms with Crippen molar-refractivity contribution in [2.75, 3.05) is 20.8 Å². The third kappa shape index (κ3) is 6.84. The van der Waals surface area contributed by atoms with Gasteiger partial charge in [0.1, 0.15) is 17.3 Å². The molecule has 1 aromatic heterocycles. The fourth-order valence-corrected chi connectivity index (χ4v) is 4.81. The molecule has 0 bridgehead atoms. The van der Waals surface area contributed by atoms with E-state index in [1.165, 1.54) is 11.3 Å². The van der Waals surface area contributed by atoms with Crippen molar-refractivity contribution in [3.05, 3.63) is 90.1 Å². The summed E-state index contributed by atoms with van der Waals surface area (Å²) in [6, 6.07) is 27.3. The Morgan fingerprint density at radius 2 is 1.45 bits per heavy atom. The van der Waals surface area contributed by atoms with Gasteiger partial charge in [-0.25, -0.2) is 4.98 Å². The van der Waals surface area contributed by atoms with Crippen LogP contribution >= 0.6 is 0 Å². The number of hydrogen-bond donors (Lipinski definition) is 0. The maximum atomic E-state index is 5.56. The normalized spacial score (nSPS) is 11.2. The van der Waals surface area contributed by atoms with Crippen molar-refractivity contribution >= 4 is 0 Å². The molecule has 0 saturated carbocycles. The first-order valence-electron chi connectivity index (χ1n) is 13.8. The molecule has 1 heterocycles. The summed E-state index contributed by atoms with van der Waals surface area (Å²) in [6.45, 7) is 8.18. The second-order valence-electron chi connectivity index (χ2n) is 9.75. The van der Waals surface area contributed by atoms with Crippen LogP contribution in [0.15, 0.2) is 78.9 Å². The van der Waals surface area contributed by atoms with E-state index >= 15 is 0 Å². The van der Waals surface area contributed by atoms with Gasteiger partial charge >= 0.3 is 0 Å². The van der Waals surface area contributed by atoms with Gasteiger partial charge < -0.3 is 14.0 Å². The van der Waals surface area contributed by atoms with Gasteiger partial charge in [0.25, 0.3) is 0 Å². The Bertz CT molecular complexity index is 1270. The standard InChI is InChI=1S/C33H41N3O2/c1-5-7-21-35(24-26-17-19-29(37-3)20-18-26)25-31-32(27-13-10-9-11-14-27)34-33(36(31)22-8-6-2)28-15-12-16-30(23-28)38-4/h9-20,23H,5-8,21-22,24-25H2,1-4H3. The van der Waals surface area contributed by atoms with Gasteiger partial charge in [0.2, 0.25) is 0 Å². The molecule has 0 atom stereocenters. The van der Waals surface area contributed by atoms with Gasteiger partial charge in [0.15, 0.2) is 0 Å². The molecule has 0 amide bonds. The van der Waals surface area contributed by atoms with Crippen LogP contribution in [0.3, 0.4) is 0 Å². The van der Waals surface area contributed by atoms with E-state index in [4.69, 9.17) is 14.5 Å². The molecule has 200 valence electrons. The van der Waals surface area contributed by atoms with Gasteiger partial charge in [-0.05, 0) is 49.2 Å². The number of ether oxygens (including phenoxy) is 2. The summed E-state index contributed by atoms with van der Waals surface area (Å²) < 4.78 is 13.4. The van der Waals surface area contributed by atoms with Crippen LogP contribution in [0.5, 0.6) is 11.5 Å². The molecule has 0 aliphatic carbocycles. The van der Waals surface area contributed by atoms with Crippen LogP contribution in [0.1, 0.15) is 50.8 Å². The zero-order chi connectivity index (χ0) is 26.7. The summed E-state index contributed by atoms with van der Waals surface area (Å²) in [5, 5.41) is 0. The molecule has 3 aromatic carbocycles. The van der Waals surface area contributed by atoms with Crippen LogP contribution in [0.4, 0.5) is 0 Å². The summed E-state index contributed by atoms with van der Waals surface area (Å²) in [5.41, 5.74) is 5.86. The molecule has 38 heavy (non-hydrogen) atoms. The highest BCUT2D eigenvalue weighted by atomic mass is 16.5. The topological polar surface area (TPSA) is 39.5 Å². The summed E-state index contributed by atoms with van der Waals surface area (Å²) in [4.78, 5) is 7.87. The SMILES string of the molecule is CCCCN(Cc1ccc(OC)cc1)Cc1c(-c2ccccc2)nc(-c2cccc(OC)c2)n1CCCC. The fourth-order valence-electron chi connectivity index (χ4n) is 4.81. The number of benzene rings is 3. The Kier molecular flexibility index (Phi) is 9.99. The number of unbranched alkanes of at least 4 members (excludes halogenated alkanes) is 2. The number of hydrogen-bond acceptors (Lipinski definition) is 4. The Balaban J connectivity index is 1.79. The van der Waals surface area contributed by atoms with Crippen LogP contribution < -0.4 is 9.47 Å². The second kappa shape index (κ2) is 13.8. The van der Waals surface area contributed by atoms with Crippen molar-refractivity contribution in [3.8, 4) is 34.1 Å². The Labute approximate surface area is 228 Å². The predicted molar refractivity (Wildman–Crippen MR) is 157 cm³/mol. The Morgan fingerprint density at radius 1 is 0.737 bits per heavy atom. The highest BCUT2D eigenvalue weighted by Gasteiger charge is 2.22. The monoisotopic (exact) mass is 511 g/mol. The first-order chi connectivity index (χ1) is 18.7. The minimum Gasteiger partial charge on any atom is -0.497 e. The summed E-state index contributed by atoms with van der Waals surface area (Å²) >= 11 is 0. The average molecular weight is 512 g/mol. The molecule has 0 saturated heterocycles. The first kappa shape index (κ1) is 27.5. The molecule has 0 radical (unpaired) electrons. The molecule has 0 N–H and O–H groups in total. The lowest BCUT2D eigenvalue weighted by Crippen LogP contribution is -2.26. The van der Waals surface area contributed by atoms with Gasteiger partial charge in [-0.15, -0.1) is 0 Å². The van der Waals surface area contributed by atoms with E-state index in [-0.39, 0.29) is 0 Å². The van der Waals surface area contributed by atoms with E-state index in [2.05, 4.69) is 90.0 Å². The first-order valence-corrected chi connectivity index (χ1v) is 13.8. The highest BCUT2D eigenvalue weighted by molar-refractivity contribution is 5.69. The van der Waals surface area contributed by atoms with E-state index < -0.39 is 0 Å². The van der Waals surface area contributed by atoms with Gasteiger partial charge in [-0.1, -0.05) is 81.3 Å². The van der Waals surface area contributed by atoms with Crippen molar-refractivity contribution in [2.24, 2.45) is 0 Å². The summed E-state index contributed by atoms with van der Waals surface area (Å²) in [5.74, 6) is 2.74. The van der Waals surface area contributed by atoms with E-state index in [1.54, 1.807) is 14.2 Å². The minimum absolute atomic E-state index is 0.830. The molecule has 5 nitrogen and oxygen atoms in total. The lowest BCUT2D eigenvalue weighted by molar-refractivity contribution is 0.246. The molecule has 0 fully saturated rings. The van der Waals surface area contributed by atoms with Crippen molar-refractivity contribution < 1.29 is 9.47 Å². The van der Waals surface area contributed by atoms with E-state index in [9.17, 15) is 0 Å². The second-order valence-corrected chi connectivity index (χ2v) is 9.75. The number of aromatic nitrogens is 2. The maximum Gasteiger partial charge on any atom is 0.141 e. The fraction of sp³-hybridized carbons (Fsp3) is 0.364. The van der Waals surface area contributed by atoms with Crippen LogP contribution in [0.2, 0.25) is 0 Å². The van der Waals surface area contributed by atoms with E-state index in [0.717, 1.165) is 86.0 Å². The molecule has 5 heteroatoms. The third-order valence-corrected chi connectivity index (χ3v) is 6.95. The molecular formula is C33H41N3O2. The molecule has 0 spiro atoms. The number of methoxy groups -OCH3 is 2. The zero-order valence-electron chi connectivity index (χ0n) is 23.3. The molecule has 0 aliphatic heterocycles. The number of nitrogens with zero attached hydrogens (tertiary/aromatic N) is 3. The van der Waals surface area contributed by atoms with Crippen LogP contribution in [-0.4, -0.2) is 35.2 Å². The van der Waals surface area contributed by atoms with Crippen molar-refractivity contribution in [2.45, 2.75) is 59.2 Å². The van der Waals surface area contributed by atoms with Crippen LogP contribution in [-0.2, 0) is 19.6 Å². The van der Waals surface area contributed by atoms with Gasteiger partial charge in [-0.3, -0.25) is 4.90 Å². The smallest absolute Gasteiger partial charge is 0.141 e. The van der Waals surface area contributed by atoms with Crippen molar-refractivity contribution in [1.82, 2.24) is 14.5 Å². The molecular weight excluding hydrogens is 470 g/mol. The quantitative estimate of drug-likeness (QED) is 0.173. The van der Waals surface area contributed by atoms with Gasteiger partial charge in [0.05, 0.1) is 25.6 Å². The van der Waals surface area contributed by atoms with Crippen LogP contribution in [0.25, 0.3) is 22.6 Å². The zero-order valence-corrected chi connectivity index (χ0v) is 23.3. The Morgan fingerprint density at radius 3 is 2.13 bits per heavy atom. The highest BCUT2D eigenvalue weighted by Crippen LogP contribution is 2.32. The van der Waals surface area contributed by atoms with Crippen molar-refractivity contribution in [3.63, 3.8) is 0 Å². The molecule has 4 aromatic rings.